The number of nitrogens with one attached hydrogen (secondary N) is 1. The van der Waals surface area contributed by atoms with Crippen molar-refractivity contribution < 1.29 is 0 Å². The smallest absolute Gasteiger partial charge is 0.137 e. The molecule has 0 amide bonds. The van der Waals surface area contributed by atoms with E-state index in [-0.39, 0.29) is 0 Å². The number of hydrogen-bond acceptors (Lipinski definition) is 3. The molecule has 0 bridgehead atoms. The Kier molecular flexibility index (Phi) is 4.60. The number of nitrogens with zero attached hydrogens (tertiary/aromatic N) is 3. The second-order valence-corrected chi connectivity index (χ2v) is 6.54. The third-order valence-electron chi connectivity index (χ3n) is 4.50. The van der Waals surface area contributed by atoms with Crippen molar-refractivity contribution in [2.24, 2.45) is 0 Å². The maximum atomic E-state index is 4.52. The maximum absolute atomic E-state index is 4.52. The highest BCUT2D eigenvalue weighted by Gasteiger charge is 2.25. The number of H-pyrrole nitrogens is 1. The summed E-state index contributed by atoms with van der Waals surface area (Å²) in [5.41, 5.74) is 2.34. The second-order valence-electron chi connectivity index (χ2n) is 6.54. The van der Waals surface area contributed by atoms with Crippen LogP contribution in [0.3, 0.4) is 0 Å². The van der Waals surface area contributed by atoms with Gasteiger partial charge in [-0.1, -0.05) is 30.3 Å². The van der Waals surface area contributed by atoms with Crippen molar-refractivity contribution in [1.82, 2.24) is 19.8 Å². The SMILES string of the molecule is CC(C)N1CCN(Cc2cnc(-c3ccccc3)[nH]2)C[C@H]1C. The van der Waals surface area contributed by atoms with Crippen LogP contribution in [0.5, 0.6) is 0 Å². The van der Waals surface area contributed by atoms with Gasteiger partial charge < -0.3 is 4.98 Å². The summed E-state index contributed by atoms with van der Waals surface area (Å²) in [5.74, 6) is 0.962. The first-order valence-corrected chi connectivity index (χ1v) is 8.21. The molecule has 0 unspecified atom stereocenters. The Morgan fingerprint density at radius 2 is 2.00 bits per heavy atom. The largest absolute Gasteiger partial charge is 0.341 e. The molecule has 1 aromatic heterocycles. The first-order valence-electron chi connectivity index (χ1n) is 8.21. The van der Waals surface area contributed by atoms with Crippen molar-refractivity contribution >= 4 is 0 Å². The molecule has 1 aromatic carbocycles. The van der Waals surface area contributed by atoms with Gasteiger partial charge in [-0.15, -0.1) is 0 Å². The minimum atomic E-state index is 0.616. The minimum absolute atomic E-state index is 0.616. The van der Waals surface area contributed by atoms with E-state index in [1.54, 1.807) is 0 Å². The summed E-state index contributed by atoms with van der Waals surface area (Å²) in [7, 11) is 0. The lowest BCUT2D eigenvalue weighted by atomic mass is 10.1. The molecule has 0 aliphatic carbocycles. The Morgan fingerprint density at radius 3 is 2.68 bits per heavy atom. The van der Waals surface area contributed by atoms with E-state index in [1.165, 1.54) is 5.69 Å². The minimum Gasteiger partial charge on any atom is -0.341 e. The van der Waals surface area contributed by atoms with Gasteiger partial charge in [-0.05, 0) is 20.8 Å². The molecule has 22 heavy (non-hydrogen) atoms. The molecule has 4 heteroatoms. The number of aromatic nitrogens is 2. The summed E-state index contributed by atoms with van der Waals surface area (Å²) >= 11 is 0. The van der Waals surface area contributed by atoms with Crippen LogP contribution in [-0.2, 0) is 6.54 Å². The molecule has 2 aromatic rings. The summed E-state index contributed by atoms with van der Waals surface area (Å²) in [6.45, 7) is 11.3. The van der Waals surface area contributed by atoms with Gasteiger partial charge in [0.05, 0.1) is 0 Å². The Morgan fingerprint density at radius 1 is 1.23 bits per heavy atom. The normalized spacial score (nSPS) is 20.6. The van der Waals surface area contributed by atoms with Gasteiger partial charge in [0.2, 0.25) is 0 Å². The molecule has 1 N–H and O–H groups in total. The van der Waals surface area contributed by atoms with Crippen LogP contribution in [0.4, 0.5) is 0 Å². The Balaban J connectivity index is 1.62. The van der Waals surface area contributed by atoms with Crippen molar-refractivity contribution in [2.75, 3.05) is 19.6 Å². The summed E-state index contributed by atoms with van der Waals surface area (Å²) in [5, 5.41) is 0. The molecule has 0 spiro atoms. The lowest BCUT2D eigenvalue weighted by Gasteiger charge is -2.41. The van der Waals surface area contributed by atoms with Crippen molar-refractivity contribution in [1.29, 1.82) is 0 Å². The van der Waals surface area contributed by atoms with Crippen LogP contribution in [0, 0.1) is 0 Å². The number of rotatable bonds is 4. The van der Waals surface area contributed by atoms with Crippen LogP contribution >= 0.6 is 0 Å². The highest BCUT2D eigenvalue weighted by Crippen LogP contribution is 2.18. The van der Waals surface area contributed by atoms with Crippen molar-refractivity contribution in [2.45, 2.75) is 39.4 Å². The van der Waals surface area contributed by atoms with E-state index >= 15 is 0 Å². The third-order valence-corrected chi connectivity index (χ3v) is 4.50. The van der Waals surface area contributed by atoms with Crippen LogP contribution in [-0.4, -0.2) is 51.5 Å². The Labute approximate surface area is 133 Å². The van der Waals surface area contributed by atoms with E-state index < -0.39 is 0 Å². The van der Waals surface area contributed by atoms with Crippen LogP contribution in [0.25, 0.3) is 11.4 Å². The predicted molar refractivity (Wildman–Crippen MR) is 90.6 cm³/mol. The van der Waals surface area contributed by atoms with E-state index in [0.29, 0.717) is 12.1 Å². The van der Waals surface area contributed by atoms with Gasteiger partial charge in [0.1, 0.15) is 5.82 Å². The van der Waals surface area contributed by atoms with E-state index in [2.05, 4.69) is 52.7 Å². The average Bonchev–Trinajstić information content (AvgIpc) is 2.96. The first kappa shape index (κ1) is 15.3. The van der Waals surface area contributed by atoms with E-state index in [4.69, 9.17) is 0 Å². The molecule has 1 fully saturated rings. The van der Waals surface area contributed by atoms with Gasteiger partial charge >= 0.3 is 0 Å². The number of aromatic amines is 1. The van der Waals surface area contributed by atoms with Crippen LogP contribution in [0.15, 0.2) is 36.5 Å². The molecule has 1 aliphatic heterocycles. The van der Waals surface area contributed by atoms with Gasteiger partial charge in [0.25, 0.3) is 0 Å². The summed E-state index contributed by atoms with van der Waals surface area (Å²) in [6.07, 6.45) is 1.97. The van der Waals surface area contributed by atoms with Gasteiger partial charge in [-0.2, -0.15) is 0 Å². The third kappa shape index (κ3) is 3.39. The quantitative estimate of drug-likeness (QED) is 0.942. The molecule has 1 saturated heterocycles. The lowest BCUT2D eigenvalue weighted by Crippen LogP contribution is -2.53. The van der Waals surface area contributed by atoms with E-state index in [0.717, 1.165) is 37.6 Å². The fraction of sp³-hybridized carbons (Fsp3) is 0.500. The van der Waals surface area contributed by atoms with Crippen molar-refractivity contribution in [3.8, 4) is 11.4 Å². The average molecular weight is 298 g/mol. The predicted octanol–water partition coefficient (Wildman–Crippen LogP) is 2.99. The molecular formula is C18H26N4. The first-order chi connectivity index (χ1) is 10.6. The molecule has 2 heterocycles. The van der Waals surface area contributed by atoms with Gasteiger partial charge in [0.15, 0.2) is 0 Å². The Bertz CT molecular complexity index is 590. The standard InChI is InChI=1S/C18H26N4/c1-14(2)22-10-9-21(12-15(22)3)13-17-11-19-18(20-17)16-7-5-4-6-8-16/h4-8,11,14-15H,9-10,12-13H2,1-3H3,(H,19,20)/t15-/m1/s1. The number of benzene rings is 1. The van der Waals surface area contributed by atoms with Crippen molar-refractivity contribution in [3.63, 3.8) is 0 Å². The molecule has 0 radical (unpaired) electrons. The number of imidazole rings is 1. The molecular weight excluding hydrogens is 272 g/mol. The van der Waals surface area contributed by atoms with Gasteiger partial charge in [-0.3, -0.25) is 9.80 Å². The molecule has 3 rings (SSSR count). The highest BCUT2D eigenvalue weighted by molar-refractivity contribution is 5.54. The zero-order valence-electron chi connectivity index (χ0n) is 13.8. The number of piperazine rings is 1. The van der Waals surface area contributed by atoms with E-state index in [9.17, 15) is 0 Å². The molecule has 118 valence electrons. The monoisotopic (exact) mass is 298 g/mol. The van der Waals surface area contributed by atoms with Gasteiger partial charge in [0, 0.05) is 55.7 Å². The zero-order valence-corrected chi connectivity index (χ0v) is 13.8. The fourth-order valence-corrected chi connectivity index (χ4v) is 3.38. The molecule has 1 aliphatic rings. The summed E-state index contributed by atoms with van der Waals surface area (Å²) < 4.78 is 0. The maximum Gasteiger partial charge on any atom is 0.137 e. The second kappa shape index (κ2) is 6.63. The van der Waals surface area contributed by atoms with Crippen LogP contribution < -0.4 is 0 Å². The van der Waals surface area contributed by atoms with E-state index in [1.807, 2.05) is 24.4 Å². The Hall–Kier alpha value is -1.65. The van der Waals surface area contributed by atoms with Crippen LogP contribution in [0.1, 0.15) is 26.5 Å². The van der Waals surface area contributed by atoms with Gasteiger partial charge in [-0.25, -0.2) is 4.98 Å². The number of hydrogen-bond donors (Lipinski definition) is 1. The topological polar surface area (TPSA) is 35.2 Å². The van der Waals surface area contributed by atoms with Crippen molar-refractivity contribution in [3.05, 3.63) is 42.2 Å². The highest BCUT2D eigenvalue weighted by atomic mass is 15.3. The summed E-state index contributed by atoms with van der Waals surface area (Å²) in [4.78, 5) is 13.1. The summed E-state index contributed by atoms with van der Waals surface area (Å²) in [6, 6.07) is 11.6. The van der Waals surface area contributed by atoms with Crippen LogP contribution in [0.2, 0.25) is 0 Å². The molecule has 4 nitrogen and oxygen atoms in total. The molecule has 0 saturated carbocycles. The zero-order chi connectivity index (χ0) is 15.5. The molecule has 1 atom stereocenters. The lowest BCUT2D eigenvalue weighted by molar-refractivity contribution is 0.0559. The fourth-order valence-electron chi connectivity index (χ4n) is 3.38.